The molecule has 5 nitrogen and oxygen atoms in total. The van der Waals surface area contributed by atoms with Crippen molar-refractivity contribution in [3.63, 3.8) is 0 Å². The summed E-state index contributed by atoms with van der Waals surface area (Å²) >= 11 is 0. The topological polar surface area (TPSA) is 83.5 Å². The maximum Gasteiger partial charge on any atom is 0.336 e. The first-order chi connectivity index (χ1) is 8.39. The second-order valence-corrected chi connectivity index (χ2v) is 6.06. The maximum atomic E-state index is 12.1. The number of carbonyl (C=O) groups is 1. The summed E-state index contributed by atoms with van der Waals surface area (Å²) in [5.41, 5.74) is 0.919. The van der Waals surface area contributed by atoms with Gasteiger partial charge in [-0.05, 0) is 32.0 Å². The quantitative estimate of drug-likeness (QED) is 0.811. The number of hydrogen-bond donors (Lipinski definition) is 2. The van der Waals surface area contributed by atoms with Gasteiger partial charge in [-0.1, -0.05) is 24.6 Å². The average molecular weight is 271 g/mol. The van der Waals surface area contributed by atoms with Crippen LogP contribution in [0.5, 0.6) is 0 Å². The van der Waals surface area contributed by atoms with Gasteiger partial charge >= 0.3 is 5.97 Å². The van der Waals surface area contributed by atoms with Gasteiger partial charge in [0.1, 0.15) is 0 Å². The first kappa shape index (κ1) is 14.7. The number of carboxylic acids is 1. The Hall–Kier alpha value is -1.40. The maximum absolute atomic E-state index is 12.1. The van der Waals surface area contributed by atoms with Crippen LogP contribution in [0.15, 0.2) is 29.2 Å². The monoisotopic (exact) mass is 271 g/mol. The summed E-state index contributed by atoms with van der Waals surface area (Å²) in [4.78, 5) is 11.1. The minimum Gasteiger partial charge on any atom is -0.479 e. The van der Waals surface area contributed by atoms with Gasteiger partial charge < -0.3 is 5.11 Å². The molecule has 0 aliphatic carbocycles. The Kier molecular flexibility index (Phi) is 4.86. The van der Waals surface area contributed by atoms with Crippen molar-refractivity contribution in [3.8, 4) is 0 Å². The molecular weight excluding hydrogens is 254 g/mol. The number of nitrogens with one attached hydrogen (secondary N) is 1. The highest BCUT2D eigenvalue weighted by Crippen LogP contribution is 2.15. The van der Waals surface area contributed by atoms with Gasteiger partial charge in [-0.2, -0.15) is 0 Å². The third kappa shape index (κ3) is 3.30. The van der Waals surface area contributed by atoms with Crippen molar-refractivity contribution in [2.45, 2.75) is 30.5 Å². The average Bonchev–Trinajstić information content (AvgIpc) is 2.29. The summed E-state index contributed by atoms with van der Waals surface area (Å²) in [5.74, 6) is -1.39. The molecule has 0 spiro atoms. The van der Waals surface area contributed by atoms with E-state index in [4.69, 9.17) is 5.11 Å². The van der Waals surface area contributed by atoms with Crippen LogP contribution < -0.4 is 5.32 Å². The molecule has 18 heavy (non-hydrogen) atoms. The summed E-state index contributed by atoms with van der Waals surface area (Å²) in [5, 5.41) is 9.95. The zero-order valence-electron chi connectivity index (χ0n) is 10.4. The molecule has 0 heterocycles. The molecule has 1 aromatic rings. The Labute approximate surface area is 107 Å². The Morgan fingerprint density at radius 3 is 2.33 bits per heavy atom. The first-order valence-corrected chi connectivity index (χ1v) is 7.21. The second kappa shape index (κ2) is 5.97. The van der Waals surface area contributed by atoms with Gasteiger partial charge in [0.2, 0.25) is 15.2 Å². The van der Waals surface area contributed by atoms with E-state index in [1.165, 1.54) is 12.1 Å². The van der Waals surface area contributed by atoms with E-state index in [0.717, 1.165) is 5.56 Å². The van der Waals surface area contributed by atoms with Crippen LogP contribution in [0.4, 0.5) is 0 Å². The lowest BCUT2D eigenvalue weighted by Gasteiger charge is -2.14. The fraction of sp³-hybridized carbons (Fsp3) is 0.417. The fourth-order valence-corrected chi connectivity index (χ4v) is 2.86. The van der Waals surface area contributed by atoms with Gasteiger partial charge in [0.05, 0.1) is 4.90 Å². The minimum atomic E-state index is -3.90. The molecule has 1 rings (SSSR count). The predicted octanol–water partition coefficient (Wildman–Crippen LogP) is 1.18. The van der Waals surface area contributed by atoms with Crippen LogP contribution in [0, 0.1) is 6.92 Å². The molecule has 0 fully saturated rings. The largest absolute Gasteiger partial charge is 0.479 e. The van der Waals surface area contributed by atoms with Crippen molar-refractivity contribution < 1.29 is 18.3 Å². The van der Waals surface area contributed by atoms with Crippen LogP contribution >= 0.6 is 0 Å². The molecule has 0 aromatic heterocycles. The first-order valence-electron chi connectivity index (χ1n) is 5.66. The standard InChI is InChI=1S/C12H17NO4S/c1-3-8-13-11(12(14)15)18(16,17)10-6-4-9(2)5-7-10/h4-7,11,13H,3,8H2,1-2H3,(H,14,15). The SMILES string of the molecule is CCCNC(C(=O)O)S(=O)(=O)c1ccc(C)cc1. The summed E-state index contributed by atoms with van der Waals surface area (Å²) in [6.45, 7) is 4.01. The zero-order chi connectivity index (χ0) is 13.8. The van der Waals surface area contributed by atoms with Gasteiger partial charge in [-0.3, -0.25) is 5.32 Å². The van der Waals surface area contributed by atoms with Gasteiger partial charge in [0.15, 0.2) is 0 Å². The molecular formula is C12H17NO4S. The van der Waals surface area contributed by atoms with Crippen LogP contribution in [0.1, 0.15) is 18.9 Å². The molecule has 0 aliphatic rings. The number of sulfone groups is 1. The highest BCUT2D eigenvalue weighted by molar-refractivity contribution is 7.92. The van der Waals surface area contributed by atoms with E-state index in [-0.39, 0.29) is 4.90 Å². The van der Waals surface area contributed by atoms with Crippen molar-refractivity contribution in [1.82, 2.24) is 5.32 Å². The lowest BCUT2D eigenvalue weighted by atomic mass is 10.2. The van der Waals surface area contributed by atoms with Crippen LogP contribution in [0.25, 0.3) is 0 Å². The van der Waals surface area contributed by atoms with Gasteiger partial charge in [0.25, 0.3) is 0 Å². The highest BCUT2D eigenvalue weighted by Gasteiger charge is 2.33. The molecule has 2 N–H and O–H groups in total. The summed E-state index contributed by atoms with van der Waals surface area (Å²) in [6.07, 6.45) is 0.660. The lowest BCUT2D eigenvalue weighted by Crippen LogP contribution is -2.43. The van der Waals surface area contributed by atoms with E-state index in [1.54, 1.807) is 12.1 Å². The molecule has 1 unspecified atom stereocenters. The number of carboxylic acid groups (broad SMARTS) is 1. The number of aryl methyl sites for hydroxylation is 1. The molecule has 0 saturated carbocycles. The Morgan fingerprint density at radius 2 is 1.89 bits per heavy atom. The van der Waals surface area contributed by atoms with E-state index >= 15 is 0 Å². The van der Waals surface area contributed by atoms with E-state index in [9.17, 15) is 13.2 Å². The number of benzene rings is 1. The van der Waals surface area contributed by atoms with E-state index in [0.29, 0.717) is 13.0 Å². The predicted molar refractivity (Wildman–Crippen MR) is 68.1 cm³/mol. The fourth-order valence-electron chi connectivity index (χ4n) is 1.47. The lowest BCUT2D eigenvalue weighted by molar-refractivity contribution is -0.137. The van der Waals surface area contributed by atoms with Gasteiger partial charge in [-0.25, -0.2) is 13.2 Å². The molecule has 100 valence electrons. The molecule has 0 bridgehead atoms. The van der Waals surface area contributed by atoms with Crippen molar-refractivity contribution in [3.05, 3.63) is 29.8 Å². The summed E-state index contributed by atoms with van der Waals surface area (Å²) in [6, 6.07) is 6.14. The third-order valence-corrected chi connectivity index (χ3v) is 4.38. The van der Waals surface area contributed by atoms with E-state index in [2.05, 4.69) is 5.32 Å². The van der Waals surface area contributed by atoms with Crippen molar-refractivity contribution in [2.24, 2.45) is 0 Å². The summed E-state index contributed by atoms with van der Waals surface area (Å²) < 4.78 is 24.3. The third-order valence-electron chi connectivity index (χ3n) is 2.46. The highest BCUT2D eigenvalue weighted by atomic mass is 32.2. The molecule has 1 atom stereocenters. The zero-order valence-corrected chi connectivity index (χ0v) is 11.2. The Morgan fingerprint density at radius 1 is 1.33 bits per heavy atom. The van der Waals surface area contributed by atoms with Crippen LogP contribution in [0.3, 0.4) is 0 Å². The van der Waals surface area contributed by atoms with Crippen molar-refractivity contribution >= 4 is 15.8 Å². The van der Waals surface area contributed by atoms with Crippen LogP contribution in [-0.4, -0.2) is 31.4 Å². The summed E-state index contributed by atoms with van der Waals surface area (Å²) in [7, 11) is -3.90. The molecule has 0 amide bonds. The van der Waals surface area contributed by atoms with E-state index < -0.39 is 21.2 Å². The molecule has 0 aliphatic heterocycles. The Bertz CT molecular complexity index is 507. The smallest absolute Gasteiger partial charge is 0.336 e. The molecule has 0 radical (unpaired) electrons. The van der Waals surface area contributed by atoms with Crippen LogP contribution in [0.2, 0.25) is 0 Å². The van der Waals surface area contributed by atoms with Gasteiger partial charge in [0, 0.05) is 0 Å². The number of hydrogen-bond acceptors (Lipinski definition) is 4. The normalized spacial score (nSPS) is 13.2. The van der Waals surface area contributed by atoms with Crippen LogP contribution in [-0.2, 0) is 14.6 Å². The van der Waals surface area contributed by atoms with E-state index in [1.807, 2.05) is 13.8 Å². The van der Waals surface area contributed by atoms with Gasteiger partial charge in [-0.15, -0.1) is 0 Å². The van der Waals surface area contributed by atoms with Crippen molar-refractivity contribution in [2.75, 3.05) is 6.54 Å². The molecule has 0 saturated heterocycles. The molecule has 1 aromatic carbocycles. The number of aliphatic carboxylic acids is 1. The van der Waals surface area contributed by atoms with Crippen molar-refractivity contribution in [1.29, 1.82) is 0 Å². The molecule has 6 heteroatoms. The number of rotatable bonds is 6. The minimum absolute atomic E-state index is 0.0177. The second-order valence-electron chi connectivity index (χ2n) is 4.03. The Balaban J connectivity index is 3.09.